The lowest BCUT2D eigenvalue weighted by atomic mass is 9.88. The van der Waals surface area contributed by atoms with E-state index in [9.17, 15) is 18.7 Å². The summed E-state index contributed by atoms with van der Waals surface area (Å²) in [6, 6.07) is 12.3. The number of aliphatic hydroxyl groups excluding tert-OH is 1. The van der Waals surface area contributed by atoms with Crippen LogP contribution in [-0.4, -0.2) is 35.1 Å². The first-order chi connectivity index (χ1) is 14.9. The summed E-state index contributed by atoms with van der Waals surface area (Å²) in [7, 11) is 0. The quantitative estimate of drug-likeness (QED) is 0.585. The van der Waals surface area contributed by atoms with Gasteiger partial charge < -0.3 is 10.0 Å². The fourth-order valence-electron chi connectivity index (χ4n) is 5.20. The summed E-state index contributed by atoms with van der Waals surface area (Å²) >= 11 is 0. The van der Waals surface area contributed by atoms with Gasteiger partial charge in [0.25, 0.3) is 5.91 Å². The molecule has 1 aliphatic carbocycles. The second kappa shape index (κ2) is 10.8. The zero-order valence-corrected chi connectivity index (χ0v) is 19.3. The van der Waals surface area contributed by atoms with E-state index in [1.165, 1.54) is 17.7 Å². The highest BCUT2D eigenvalue weighted by Crippen LogP contribution is 2.42. The van der Waals surface area contributed by atoms with Crippen LogP contribution in [0.3, 0.4) is 0 Å². The second-order valence-electron chi connectivity index (χ2n) is 9.33. The fourth-order valence-corrected chi connectivity index (χ4v) is 5.20. The molecule has 174 valence electrons. The van der Waals surface area contributed by atoms with Crippen molar-refractivity contribution in [3.8, 4) is 0 Å². The van der Waals surface area contributed by atoms with Crippen LogP contribution in [-0.2, 0) is 0 Å². The zero-order chi connectivity index (χ0) is 22.0. The van der Waals surface area contributed by atoms with Crippen molar-refractivity contribution in [1.82, 2.24) is 4.90 Å². The number of rotatable bonds is 5. The molecule has 1 unspecified atom stereocenters. The van der Waals surface area contributed by atoms with Crippen molar-refractivity contribution < 1.29 is 18.7 Å². The molecule has 0 aromatic heterocycles. The van der Waals surface area contributed by atoms with Crippen molar-refractivity contribution in [2.24, 2.45) is 5.92 Å². The Kier molecular flexibility index (Phi) is 8.29. The van der Waals surface area contributed by atoms with E-state index in [-0.39, 0.29) is 30.3 Å². The van der Waals surface area contributed by atoms with Gasteiger partial charge in [-0.05, 0) is 91.7 Å². The van der Waals surface area contributed by atoms with Crippen molar-refractivity contribution >= 4 is 18.3 Å². The summed E-state index contributed by atoms with van der Waals surface area (Å²) in [5.74, 6) is -0.281. The number of hydrogen-bond acceptors (Lipinski definition) is 2. The maximum atomic E-state index is 13.5. The van der Waals surface area contributed by atoms with Gasteiger partial charge in [-0.3, -0.25) is 4.79 Å². The molecule has 32 heavy (non-hydrogen) atoms. The van der Waals surface area contributed by atoms with Gasteiger partial charge in [-0.2, -0.15) is 0 Å². The third-order valence-electron chi connectivity index (χ3n) is 7.12. The van der Waals surface area contributed by atoms with E-state index in [4.69, 9.17) is 0 Å². The Hall–Kier alpha value is -1.98. The minimum Gasteiger partial charge on any atom is -0.393 e. The molecule has 2 fully saturated rings. The maximum Gasteiger partial charge on any atom is 0.253 e. The van der Waals surface area contributed by atoms with E-state index in [1.54, 1.807) is 6.07 Å². The Labute approximate surface area is 195 Å². The van der Waals surface area contributed by atoms with E-state index in [2.05, 4.69) is 19.1 Å². The van der Waals surface area contributed by atoms with E-state index < -0.39 is 11.6 Å². The highest BCUT2D eigenvalue weighted by molar-refractivity contribution is 5.94. The van der Waals surface area contributed by atoms with Crippen molar-refractivity contribution in [2.75, 3.05) is 13.1 Å². The van der Waals surface area contributed by atoms with Crippen LogP contribution in [0.1, 0.15) is 78.8 Å². The molecule has 1 heterocycles. The number of carbonyl (C=O) groups excluding carboxylic acids is 1. The van der Waals surface area contributed by atoms with Crippen molar-refractivity contribution in [3.05, 3.63) is 70.8 Å². The molecule has 1 saturated carbocycles. The molecule has 0 spiro atoms. The SMILES string of the molecule is C[C@@H](CC1CC[C@H](c2ccc(C(=O)N3CCC(O)CC3)cc2)C1)c1ccc(F)c(F)c1.Cl. The van der Waals surface area contributed by atoms with Crippen molar-refractivity contribution in [1.29, 1.82) is 0 Å². The molecule has 1 aliphatic heterocycles. The van der Waals surface area contributed by atoms with Crippen LogP contribution in [0.15, 0.2) is 42.5 Å². The molecule has 4 rings (SSSR count). The fraction of sp³-hybridized carbons (Fsp3) is 0.500. The van der Waals surface area contributed by atoms with Crippen molar-refractivity contribution in [3.63, 3.8) is 0 Å². The largest absolute Gasteiger partial charge is 0.393 e. The number of halogens is 3. The first-order valence-corrected chi connectivity index (χ1v) is 11.4. The Bertz CT molecular complexity index is 913. The lowest BCUT2D eigenvalue weighted by Crippen LogP contribution is -2.40. The van der Waals surface area contributed by atoms with Gasteiger partial charge in [0.05, 0.1) is 6.10 Å². The number of likely N-dealkylation sites (tertiary alicyclic amines) is 1. The first kappa shape index (κ1) is 24.7. The molecule has 1 amide bonds. The number of benzene rings is 2. The average molecular weight is 464 g/mol. The summed E-state index contributed by atoms with van der Waals surface area (Å²) < 4.78 is 26.7. The normalized spacial score (nSPS) is 22.4. The third-order valence-corrected chi connectivity index (χ3v) is 7.12. The van der Waals surface area contributed by atoms with Gasteiger partial charge >= 0.3 is 0 Å². The van der Waals surface area contributed by atoms with E-state index in [0.29, 0.717) is 43.3 Å². The molecule has 6 heteroatoms. The summed E-state index contributed by atoms with van der Waals surface area (Å²) in [6.45, 7) is 3.31. The van der Waals surface area contributed by atoms with Crippen LogP contribution in [0.4, 0.5) is 8.78 Å². The first-order valence-electron chi connectivity index (χ1n) is 11.4. The predicted octanol–water partition coefficient (Wildman–Crippen LogP) is 6.06. The molecule has 3 atom stereocenters. The molecular weight excluding hydrogens is 432 g/mol. The maximum absolute atomic E-state index is 13.5. The summed E-state index contributed by atoms with van der Waals surface area (Å²) in [5, 5.41) is 9.63. The molecular formula is C26H32ClF2NO2. The van der Waals surface area contributed by atoms with Crippen molar-refractivity contribution in [2.45, 2.75) is 63.4 Å². The van der Waals surface area contributed by atoms with Crippen LogP contribution in [0.5, 0.6) is 0 Å². The number of carbonyl (C=O) groups is 1. The topological polar surface area (TPSA) is 40.5 Å². The van der Waals surface area contributed by atoms with Gasteiger partial charge in [0, 0.05) is 18.7 Å². The number of nitrogens with zero attached hydrogens (tertiary/aromatic N) is 1. The van der Waals surface area contributed by atoms with E-state index >= 15 is 0 Å². The highest BCUT2D eigenvalue weighted by Gasteiger charge is 2.28. The smallest absolute Gasteiger partial charge is 0.253 e. The summed E-state index contributed by atoms with van der Waals surface area (Å²) in [4.78, 5) is 14.5. The van der Waals surface area contributed by atoms with E-state index in [1.807, 2.05) is 17.0 Å². The second-order valence-corrected chi connectivity index (χ2v) is 9.33. The number of amides is 1. The molecule has 1 saturated heterocycles. The van der Waals surface area contributed by atoms with Gasteiger partial charge in [-0.15, -0.1) is 12.4 Å². The van der Waals surface area contributed by atoms with Crippen LogP contribution in [0, 0.1) is 17.6 Å². The average Bonchev–Trinajstić information content (AvgIpc) is 3.24. The number of hydrogen-bond donors (Lipinski definition) is 1. The predicted molar refractivity (Wildman–Crippen MR) is 124 cm³/mol. The molecule has 2 aromatic rings. The van der Waals surface area contributed by atoms with Gasteiger partial charge in [0.15, 0.2) is 11.6 Å². The minimum absolute atomic E-state index is 0. The molecule has 3 nitrogen and oxygen atoms in total. The summed E-state index contributed by atoms with van der Waals surface area (Å²) in [6.07, 6.45) is 5.32. The van der Waals surface area contributed by atoms with Crippen LogP contribution < -0.4 is 0 Å². The van der Waals surface area contributed by atoms with Gasteiger partial charge in [0.1, 0.15) is 0 Å². The molecule has 2 aromatic carbocycles. The van der Waals surface area contributed by atoms with Crippen LogP contribution in [0.2, 0.25) is 0 Å². The molecule has 0 radical (unpaired) electrons. The van der Waals surface area contributed by atoms with Gasteiger partial charge in [-0.25, -0.2) is 8.78 Å². The number of piperidine rings is 1. The Morgan fingerprint density at radius 3 is 2.38 bits per heavy atom. The van der Waals surface area contributed by atoms with Gasteiger partial charge in [-0.1, -0.05) is 25.1 Å². The Morgan fingerprint density at radius 1 is 1.03 bits per heavy atom. The van der Waals surface area contributed by atoms with Crippen LogP contribution >= 0.6 is 12.4 Å². The van der Waals surface area contributed by atoms with Crippen LogP contribution in [0.25, 0.3) is 0 Å². The number of aliphatic hydroxyl groups is 1. The van der Waals surface area contributed by atoms with E-state index in [0.717, 1.165) is 31.2 Å². The Balaban J connectivity index is 0.00000289. The Morgan fingerprint density at radius 2 is 1.72 bits per heavy atom. The molecule has 1 N–H and O–H groups in total. The standard InChI is InChI=1S/C26H31F2NO2.ClH/c1-17(21-8-9-24(27)25(28)16-21)14-18-2-3-22(15-18)19-4-6-20(7-5-19)26(31)29-12-10-23(30)11-13-29;/h4-9,16-18,22-23,30H,2-3,10-15H2,1H3;1H/t17-,18?,22-;/m0./s1. The summed E-state index contributed by atoms with van der Waals surface area (Å²) in [5.41, 5.74) is 2.84. The minimum atomic E-state index is -0.795. The monoisotopic (exact) mass is 463 g/mol. The zero-order valence-electron chi connectivity index (χ0n) is 18.5. The lowest BCUT2D eigenvalue weighted by molar-refractivity contribution is 0.0546. The third kappa shape index (κ3) is 5.68. The molecule has 2 aliphatic rings. The molecule has 0 bridgehead atoms. The lowest BCUT2D eigenvalue weighted by Gasteiger charge is -2.29. The highest BCUT2D eigenvalue weighted by atomic mass is 35.5. The van der Waals surface area contributed by atoms with Gasteiger partial charge in [0.2, 0.25) is 0 Å².